The minimum absolute atomic E-state index is 0.0149. The van der Waals surface area contributed by atoms with E-state index in [1.165, 1.54) is 15.6 Å². The summed E-state index contributed by atoms with van der Waals surface area (Å²) in [6, 6.07) is 3.51. The summed E-state index contributed by atoms with van der Waals surface area (Å²) in [7, 11) is -3.42. The summed E-state index contributed by atoms with van der Waals surface area (Å²) in [4.78, 5) is 12.9. The second-order valence-electron chi connectivity index (χ2n) is 6.15. The Hall–Kier alpha value is -0.960. The zero-order valence-corrected chi connectivity index (χ0v) is 16.0. The monoisotopic (exact) mass is 373 g/mol. The van der Waals surface area contributed by atoms with Crippen LogP contribution in [0, 0.1) is 5.92 Å². The van der Waals surface area contributed by atoms with Crippen LogP contribution in [-0.4, -0.2) is 37.8 Å². The van der Waals surface area contributed by atoms with Crippen LogP contribution in [0.5, 0.6) is 0 Å². The molecule has 1 aromatic heterocycles. The quantitative estimate of drug-likeness (QED) is 0.728. The smallest absolute Gasteiger partial charge is 0.252 e. The highest BCUT2D eigenvalue weighted by Gasteiger charge is 2.26. The van der Waals surface area contributed by atoms with Gasteiger partial charge in [-0.3, -0.25) is 4.79 Å². The second-order valence-corrected chi connectivity index (χ2v) is 9.48. The van der Waals surface area contributed by atoms with E-state index in [1.807, 2.05) is 13.8 Å². The summed E-state index contributed by atoms with van der Waals surface area (Å²) in [5.74, 6) is 0.255. The molecule has 0 aliphatic heterocycles. The van der Waals surface area contributed by atoms with E-state index in [1.54, 1.807) is 12.1 Å². The number of nitrogens with zero attached hydrogens (tertiary/aromatic N) is 1. The van der Waals surface area contributed by atoms with Gasteiger partial charge >= 0.3 is 0 Å². The maximum Gasteiger partial charge on any atom is 0.252 e. The van der Waals surface area contributed by atoms with E-state index in [4.69, 9.17) is 5.73 Å². The number of sulfonamides is 1. The zero-order valence-electron chi connectivity index (χ0n) is 14.3. The summed E-state index contributed by atoms with van der Waals surface area (Å²) >= 11 is 1.22. The molecule has 1 saturated carbocycles. The van der Waals surface area contributed by atoms with E-state index in [0.717, 1.165) is 24.1 Å². The fourth-order valence-electron chi connectivity index (χ4n) is 3.10. The number of thiophene rings is 1. The fourth-order valence-corrected chi connectivity index (χ4v) is 6.01. The van der Waals surface area contributed by atoms with Crippen molar-refractivity contribution in [3.63, 3.8) is 0 Å². The van der Waals surface area contributed by atoms with Crippen LogP contribution in [0.25, 0.3) is 0 Å². The first-order valence-corrected chi connectivity index (χ1v) is 10.7. The molecule has 1 aliphatic carbocycles. The predicted molar refractivity (Wildman–Crippen MR) is 96.2 cm³/mol. The first-order valence-electron chi connectivity index (χ1n) is 8.49. The molecule has 6 nitrogen and oxygen atoms in total. The molecule has 0 bridgehead atoms. The highest BCUT2D eigenvalue weighted by molar-refractivity contribution is 7.91. The lowest BCUT2D eigenvalue weighted by atomic mass is 10.00. The molecular weight excluding hydrogens is 346 g/mol. The summed E-state index contributed by atoms with van der Waals surface area (Å²) in [6.45, 7) is 4.90. The van der Waals surface area contributed by atoms with Gasteiger partial charge in [-0.05, 0) is 30.9 Å². The van der Waals surface area contributed by atoms with E-state index >= 15 is 0 Å². The predicted octanol–water partition coefficient (Wildman–Crippen LogP) is 1.91. The van der Waals surface area contributed by atoms with Crippen molar-refractivity contribution in [1.82, 2.24) is 9.62 Å². The van der Waals surface area contributed by atoms with Crippen LogP contribution < -0.4 is 11.1 Å². The highest BCUT2D eigenvalue weighted by atomic mass is 32.2. The van der Waals surface area contributed by atoms with Gasteiger partial charge in [-0.25, -0.2) is 8.42 Å². The van der Waals surface area contributed by atoms with Crippen molar-refractivity contribution in [1.29, 1.82) is 0 Å². The van der Waals surface area contributed by atoms with Crippen molar-refractivity contribution in [2.45, 2.75) is 56.3 Å². The maximum atomic E-state index is 12.4. The van der Waals surface area contributed by atoms with Crippen molar-refractivity contribution in [2.24, 2.45) is 11.7 Å². The van der Waals surface area contributed by atoms with Crippen LogP contribution >= 0.6 is 11.3 Å². The molecule has 0 saturated heterocycles. The number of rotatable bonds is 8. The van der Waals surface area contributed by atoms with Gasteiger partial charge in [0.2, 0.25) is 5.91 Å². The molecule has 2 rings (SSSR count). The minimum Gasteiger partial charge on any atom is -0.351 e. The van der Waals surface area contributed by atoms with E-state index in [-0.39, 0.29) is 17.9 Å². The molecule has 1 aromatic rings. The van der Waals surface area contributed by atoms with Crippen molar-refractivity contribution in [2.75, 3.05) is 13.1 Å². The van der Waals surface area contributed by atoms with E-state index in [0.29, 0.717) is 30.3 Å². The first-order chi connectivity index (χ1) is 11.4. The zero-order chi connectivity index (χ0) is 17.7. The Labute approximate surface area is 148 Å². The van der Waals surface area contributed by atoms with Crippen LogP contribution in [0.4, 0.5) is 0 Å². The first kappa shape index (κ1) is 19.4. The minimum atomic E-state index is -3.42. The van der Waals surface area contributed by atoms with E-state index in [2.05, 4.69) is 5.32 Å². The van der Waals surface area contributed by atoms with Crippen LogP contribution in [0.3, 0.4) is 0 Å². The van der Waals surface area contributed by atoms with Crippen LogP contribution in [0.2, 0.25) is 0 Å². The van der Waals surface area contributed by atoms with Gasteiger partial charge in [-0.2, -0.15) is 4.31 Å². The molecule has 0 spiro atoms. The summed E-state index contributed by atoms with van der Waals surface area (Å²) < 4.78 is 26.7. The summed E-state index contributed by atoms with van der Waals surface area (Å²) in [5, 5.41) is 2.88. The number of hydrogen-bond acceptors (Lipinski definition) is 5. The van der Waals surface area contributed by atoms with Gasteiger partial charge in [-0.15, -0.1) is 11.3 Å². The Morgan fingerprint density at radius 2 is 2.04 bits per heavy atom. The summed E-state index contributed by atoms with van der Waals surface area (Å²) in [5.41, 5.74) is 5.99. The molecular formula is C16H27N3O3S2. The number of carbonyl (C=O) groups excluding carboxylic acids is 1. The molecule has 3 N–H and O–H groups in total. The Bertz CT molecular complexity index is 653. The van der Waals surface area contributed by atoms with Crippen molar-refractivity contribution >= 4 is 27.3 Å². The van der Waals surface area contributed by atoms with E-state index in [9.17, 15) is 13.2 Å². The van der Waals surface area contributed by atoms with Crippen LogP contribution in [0.1, 0.15) is 44.4 Å². The van der Waals surface area contributed by atoms with Gasteiger partial charge in [0, 0.05) is 30.4 Å². The van der Waals surface area contributed by atoms with Crippen LogP contribution in [-0.2, 0) is 21.4 Å². The van der Waals surface area contributed by atoms with Gasteiger partial charge in [0.25, 0.3) is 10.0 Å². The molecule has 2 atom stereocenters. The molecule has 1 aliphatic rings. The molecule has 0 aromatic carbocycles. The highest BCUT2D eigenvalue weighted by Crippen LogP contribution is 2.27. The van der Waals surface area contributed by atoms with Crippen molar-refractivity contribution < 1.29 is 13.2 Å². The van der Waals surface area contributed by atoms with Gasteiger partial charge in [0.15, 0.2) is 0 Å². The molecule has 8 heteroatoms. The standard InChI is InChI=1S/C16H27N3O3S2/c1-3-19(4-2)24(21,22)16-9-8-13(23-16)11-18-15(20)10-12-6-5-7-14(12)17/h8-9,12,14H,3-7,10-11,17H2,1-2H3,(H,18,20)/t12-,14+/m0/s1. The largest absolute Gasteiger partial charge is 0.351 e. The topological polar surface area (TPSA) is 92.5 Å². The molecule has 24 heavy (non-hydrogen) atoms. The molecule has 1 fully saturated rings. The maximum absolute atomic E-state index is 12.4. The Morgan fingerprint density at radius 3 is 2.62 bits per heavy atom. The molecule has 1 heterocycles. The Kier molecular flexibility index (Phi) is 6.79. The average Bonchev–Trinajstić information content (AvgIpc) is 3.16. The Morgan fingerprint density at radius 1 is 1.33 bits per heavy atom. The Balaban J connectivity index is 1.90. The third-order valence-corrected chi connectivity index (χ3v) is 8.16. The van der Waals surface area contributed by atoms with Crippen LogP contribution in [0.15, 0.2) is 16.3 Å². The number of hydrogen-bond donors (Lipinski definition) is 2. The second kappa shape index (κ2) is 8.42. The number of nitrogens with two attached hydrogens (primary N) is 1. The van der Waals surface area contributed by atoms with Gasteiger partial charge in [0.1, 0.15) is 4.21 Å². The third kappa shape index (κ3) is 4.56. The fraction of sp³-hybridized carbons (Fsp3) is 0.688. The molecule has 136 valence electrons. The molecule has 0 unspecified atom stereocenters. The lowest BCUT2D eigenvalue weighted by Crippen LogP contribution is -2.31. The van der Waals surface area contributed by atoms with Crippen molar-refractivity contribution in [3.05, 3.63) is 17.0 Å². The number of nitrogens with one attached hydrogen (secondary N) is 1. The lowest BCUT2D eigenvalue weighted by molar-refractivity contribution is -0.122. The number of amides is 1. The molecule has 1 amide bonds. The normalized spacial score (nSPS) is 21.3. The van der Waals surface area contributed by atoms with Crippen molar-refractivity contribution in [3.8, 4) is 0 Å². The number of carbonyl (C=O) groups is 1. The third-order valence-electron chi connectivity index (χ3n) is 4.56. The van der Waals surface area contributed by atoms with E-state index < -0.39 is 10.0 Å². The summed E-state index contributed by atoms with van der Waals surface area (Å²) in [6.07, 6.45) is 3.56. The van der Waals surface area contributed by atoms with Gasteiger partial charge < -0.3 is 11.1 Å². The SMILES string of the molecule is CCN(CC)S(=O)(=O)c1ccc(CNC(=O)C[C@@H]2CCC[C@H]2N)s1. The molecule has 0 radical (unpaired) electrons. The lowest BCUT2D eigenvalue weighted by Gasteiger charge is -2.16. The van der Waals surface area contributed by atoms with Gasteiger partial charge in [-0.1, -0.05) is 20.3 Å². The van der Waals surface area contributed by atoms with Gasteiger partial charge in [0.05, 0.1) is 6.54 Å². The average molecular weight is 374 g/mol.